The molecule has 182 valence electrons. The second-order valence-corrected chi connectivity index (χ2v) is 9.65. The van der Waals surface area contributed by atoms with Gasteiger partial charge in [0.2, 0.25) is 5.91 Å². The number of aliphatic imine (C=N–C) groups is 2. The summed E-state index contributed by atoms with van der Waals surface area (Å²) in [6.45, 7) is 1.95. The molecule has 0 bridgehead atoms. The highest BCUT2D eigenvalue weighted by Crippen LogP contribution is 2.36. The van der Waals surface area contributed by atoms with Gasteiger partial charge in [-0.3, -0.25) is 14.6 Å². The number of benzene rings is 3. The Balaban J connectivity index is 1.40. The van der Waals surface area contributed by atoms with Crippen LogP contribution in [0.4, 0.5) is 11.4 Å². The van der Waals surface area contributed by atoms with Crippen molar-refractivity contribution >= 4 is 46.0 Å². The van der Waals surface area contributed by atoms with Gasteiger partial charge in [0.15, 0.2) is 5.17 Å². The number of ether oxygens (including phenoxy) is 1. The molecular formula is C28H26N4O3S. The number of methoxy groups -OCH3 is 1. The molecule has 3 aromatic carbocycles. The van der Waals surface area contributed by atoms with E-state index >= 15 is 0 Å². The van der Waals surface area contributed by atoms with E-state index in [0.29, 0.717) is 35.3 Å². The number of thioether (sulfide) groups is 1. The number of nitrogens with zero attached hydrogens (tertiary/aromatic N) is 3. The summed E-state index contributed by atoms with van der Waals surface area (Å²) in [5, 5.41) is 2.99. The van der Waals surface area contributed by atoms with Crippen molar-refractivity contribution in [3.63, 3.8) is 0 Å². The summed E-state index contributed by atoms with van der Waals surface area (Å²) in [6.07, 6.45) is 1.07. The lowest BCUT2D eigenvalue weighted by Crippen LogP contribution is -2.42. The summed E-state index contributed by atoms with van der Waals surface area (Å²) in [5.74, 6) is 1.04. The molecule has 2 atom stereocenters. The van der Waals surface area contributed by atoms with Crippen LogP contribution < -0.4 is 10.1 Å². The van der Waals surface area contributed by atoms with E-state index in [1.807, 2.05) is 61.5 Å². The van der Waals surface area contributed by atoms with Gasteiger partial charge in [-0.15, -0.1) is 0 Å². The lowest BCUT2D eigenvalue weighted by molar-refractivity contribution is -0.124. The number of fused-ring (bicyclic) bond motifs is 3. The quantitative estimate of drug-likeness (QED) is 0.494. The average molecular weight is 499 g/mol. The van der Waals surface area contributed by atoms with E-state index in [9.17, 15) is 9.59 Å². The lowest BCUT2D eigenvalue weighted by Gasteiger charge is -2.27. The highest BCUT2D eigenvalue weighted by atomic mass is 32.2. The van der Waals surface area contributed by atoms with Crippen LogP contribution in [-0.2, 0) is 16.0 Å². The van der Waals surface area contributed by atoms with Crippen molar-refractivity contribution in [2.75, 3.05) is 12.4 Å². The molecular weight excluding hydrogens is 472 g/mol. The SMILES string of the molecule is CC[C@@H](SC1=Nc2ccccc2C2=N[C@@H](Cc3ccccc3)C(=O)N12)C(=O)Nc1ccc(OC)cc1. The molecule has 0 saturated heterocycles. The van der Waals surface area contributed by atoms with Gasteiger partial charge in [-0.2, -0.15) is 0 Å². The molecule has 7 nitrogen and oxygen atoms in total. The van der Waals surface area contributed by atoms with Crippen molar-refractivity contribution in [3.05, 3.63) is 90.0 Å². The molecule has 0 fully saturated rings. The first-order valence-electron chi connectivity index (χ1n) is 11.8. The number of para-hydroxylation sites is 1. The third-order valence-corrected chi connectivity index (χ3v) is 7.40. The number of rotatable bonds is 7. The van der Waals surface area contributed by atoms with E-state index in [1.54, 1.807) is 36.3 Å². The van der Waals surface area contributed by atoms with Crippen LogP contribution in [0.5, 0.6) is 5.75 Å². The van der Waals surface area contributed by atoms with Gasteiger partial charge >= 0.3 is 0 Å². The average Bonchev–Trinajstić information content (AvgIpc) is 3.24. The molecule has 8 heteroatoms. The van der Waals surface area contributed by atoms with Crippen LogP contribution in [-0.4, -0.2) is 46.1 Å². The minimum absolute atomic E-state index is 0.125. The fourth-order valence-electron chi connectivity index (χ4n) is 4.20. The molecule has 2 heterocycles. The van der Waals surface area contributed by atoms with Crippen LogP contribution in [0, 0.1) is 0 Å². The predicted molar refractivity (Wildman–Crippen MR) is 144 cm³/mol. The molecule has 0 saturated carbocycles. The molecule has 1 N–H and O–H groups in total. The van der Waals surface area contributed by atoms with Crippen molar-refractivity contribution in [1.82, 2.24) is 4.90 Å². The van der Waals surface area contributed by atoms with Crippen molar-refractivity contribution in [1.29, 1.82) is 0 Å². The second kappa shape index (κ2) is 10.4. The highest BCUT2D eigenvalue weighted by Gasteiger charge is 2.42. The molecule has 2 aliphatic rings. The number of amidine groups is 2. The Bertz CT molecular complexity index is 1340. The fourth-order valence-corrected chi connectivity index (χ4v) is 5.22. The molecule has 3 aromatic rings. The van der Waals surface area contributed by atoms with Crippen molar-refractivity contribution in [2.24, 2.45) is 9.98 Å². The predicted octanol–water partition coefficient (Wildman–Crippen LogP) is 5.05. The number of hydrogen-bond acceptors (Lipinski definition) is 6. The van der Waals surface area contributed by atoms with Crippen LogP contribution in [0.2, 0.25) is 0 Å². The van der Waals surface area contributed by atoms with Crippen LogP contribution in [0.15, 0.2) is 88.8 Å². The fraction of sp³-hybridized carbons (Fsp3) is 0.214. The second-order valence-electron chi connectivity index (χ2n) is 8.48. The van der Waals surface area contributed by atoms with Gasteiger partial charge in [-0.05, 0) is 48.4 Å². The first-order valence-corrected chi connectivity index (χ1v) is 12.7. The van der Waals surface area contributed by atoms with Crippen LogP contribution in [0.3, 0.4) is 0 Å². The molecule has 36 heavy (non-hydrogen) atoms. The topological polar surface area (TPSA) is 83.4 Å². The molecule has 0 aliphatic carbocycles. The molecule has 0 aromatic heterocycles. The van der Waals surface area contributed by atoms with E-state index in [2.05, 4.69) is 5.32 Å². The Morgan fingerprint density at radius 2 is 1.78 bits per heavy atom. The molecule has 0 radical (unpaired) electrons. The number of nitrogens with one attached hydrogen (secondary N) is 1. The molecule has 2 amide bonds. The molecule has 5 rings (SSSR count). The maximum absolute atomic E-state index is 13.6. The zero-order valence-electron chi connectivity index (χ0n) is 20.0. The molecule has 2 aliphatic heterocycles. The Morgan fingerprint density at radius 1 is 1.06 bits per heavy atom. The Morgan fingerprint density at radius 3 is 2.50 bits per heavy atom. The zero-order valence-corrected chi connectivity index (χ0v) is 20.9. The minimum atomic E-state index is -0.535. The summed E-state index contributed by atoms with van der Waals surface area (Å²) in [5.41, 5.74) is 3.29. The van der Waals surface area contributed by atoms with Gasteiger partial charge in [0.25, 0.3) is 5.91 Å². The van der Waals surface area contributed by atoms with E-state index in [4.69, 9.17) is 14.7 Å². The maximum atomic E-state index is 13.6. The van der Waals surface area contributed by atoms with Gasteiger partial charge in [0.1, 0.15) is 17.6 Å². The van der Waals surface area contributed by atoms with E-state index in [0.717, 1.165) is 16.8 Å². The summed E-state index contributed by atoms with van der Waals surface area (Å²) < 4.78 is 5.19. The van der Waals surface area contributed by atoms with Crippen LogP contribution in [0.1, 0.15) is 24.5 Å². The first-order chi connectivity index (χ1) is 17.6. The molecule has 0 spiro atoms. The molecule has 0 unspecified atom stereocenters. The number of amides is 2. The monoisotopic (exact) mass is 498 g/mol. The third-order valence-electron chi connectivity index (χ3n) is 6.09. The summed E-state index contributed by atoms with van der Waals surface area (Å²) in [6, 6.07) is 24.2. The van der Waals surface area contributed by atoms with E-state index < -0.39 is 11.3 Å². The number of carbonyl (C=O) groups is 2. The first kappa shape index (κ1) is 23.8. The van der Waals surface area contributed by atoms with Gasteiger partial charge in [0, 0.05) is 17.7 Å². The Kier molecular flexibility index (Phi) is 6.86. The maximum Gasteiger partial charge on any atom is 0.259 e. The van der Waals surface area contributed by atoms with Gasteiger partial charge in [-0.25, -0.2) is 9.89 Å². The zero-order chi connectivity index (χ0) is 25.1. The summed E-state index contributed by atoms with van der Waals surface area (Å²) in [7, 11) is 1.60. The Hall–Kier alpha value is -3.91. The summed E-state index contributed by atoms with van der Waals surface area (Å²) in [4.78, 5) is 37.9. The third kappa shape index (κ3) is 4.77. The minimum Gasteiger partial charge on any atom is -0.497 e. The van der Waals surface area contributed by atoms with Gasteiger partial charge in [0.05, 0.1) is 18.0 Å². The van der Waals surface area contributed by atoms with Crippen LogP contribution >= 0.6 is 11.8 Å². The Labute approximate surface area is 214 Å². The van der Waals surface area contributed by atoms with Crippen LogP contribution in [0.25, 0.3) is 0 Å². The lowest BCUT2D eigenvalue weighted by atomic mass is 10.1. The number of carbonyl (C=O) groups excluding carboxylic acids is 2. The van der Waals surface area contributed by atoms with Crippen molar-refractivity contribution in [3.8, 4) is 5.75 Å². The highest BCUT2D eigenvalue weighted by molar-refractivity contribution is 8.15. The largest absolute Gasteiger partial charge is 0.497 e. The van der Waals surface area contributed by atoms with Crippen molar-refractivity contribution < 1.29 is 14.3 Å². The van der Waals surface area contributed by atoms with Gasteiger partial charge in [-0.1, -0.05) is 61.2 Å². The standard InChI is InChI=1S/C28H26N4O3S/c1-3-24(26(33)29-19-13-15-20(35-2)16-14-19)36-28-31-22-12-8-7-11-21(22)25-30-23(27(34)32(25)28)17-18-9-5-4-6-10-18/h4-16,23-24H,3,17H2,1-2H3,(H,29,33)/t23-,24+/m0/s1. The summed E-state index contributed by atoms with van der Waals surface area (Å²) >= 11 is 1.29. The smallest absolute Gasteiger partial charge is 0.259 e. The number of anilines is 1. The van der Waals surface area contributed by atoms with Crippen molar-refractivity contribution in [2.45, 2.75) is 31.1 Å². The van der Waals surface area contributed by atoms with E-state index in [-0.39, 0.29) is 11.8 Å². The van der Waals surface area contributed by atoms with Gasteiger partial charge < -0.3 is 10.1 Å². The normalized spacial score (nSPS) is 17.0. The van der Waals surface area contributed by atoms with E-state index in [1.165, 1.54) is 11.8 Å². The number of hydrogen-bond donors (Lipinski definition) is 1.